The van der Waals surface area contributed by atoms with Crippen LogP contribution in [0, 0.1) is 21.7 Å². The summed E-state index contributed by atoms with van der Waals surface area (Å²) < 4.78 is 26.7. The summed E-state index contributed by atoms with van der Waals surface area (Å²) in [5.74, 6) is -2.47. The molecule has 3 N–H and O–H groups in total. The highest BCUT2D eigenvalue weighted by Gasteiger charge is 2.15. The molecule has 6 nitrogen and oxygen atoms in total. The molecule has 0 aliphatic rings. The Bertz CT molecular complexity index is 735. The number of nitrogen functional groups attached to an aromatic ring is 1. The molecule has 2 aromatic rings. The van der Waals surface area contributed by atoms with Crippen LogP contribution in [-0.2, 0) is 0 Å². The molecule has 0 spiro atoms. The summed E-state index contributed by atoms with van der Waals surface area (Å²) in [5.41, 5.74) is 4.68. The number of carbonyl (C=O) groups is 1. The Hall–Kier alpha value is -3.03. The molecule has 0 unspecified atom stereocenters. The van der Waals surface area contributed by atoms with E-state index in [2.05, 4.69) is 5.32 Å². The van der Waals surface area contributed by atoms with Gasteiger partial charge in [-0.05, 0) is 24.3 Å². The quantitative estimate of drug-likeness (QED) is 0.516. The Morgan fingerprint density at radius 3 is 2.52 bits per heavy atom. The van der Waals surface area contributed by atoms with Crippen molar-refractivity contribution in [2.24, 2.45) is 0 Å². The van der Waals surface area contributed by atoms with Crippen LogP contribution in [-0.4, -0.2) is 10.8 Å². The molecule has 0 saturated carbocycles. The van der Waals surface area contributed by atoms with Gasteiger partial charge in [0.2, 0.25) is 0 Å². The number of nitro benzene ring substituents is 1. The van der Waals surface area contributed by atoms with Crippen molar-refractivity contribution in [1.29, 1.82) is 0 Å². The lowest BCUT2D eigenvalue weighted by Gasteiger charge is -2.08. The third-order valence-electron chi connectivity index (χ3n) is 2.67. The van der Waals surface area contributed by atoms with Crippen LogP contribution < -0.4 is 11.1 Å². The molecule has 0 radical (unpaired) electrons. The first-order valence-corrected chi connectivity index (χ1v) is 5.69. The Balaban J connectivity index is 2.27. The van der Waals surface area contributed by atoms with E-state index in [-0.39, 0.29) is 16.9 Å². The van der Waals surface area contributed by atoms with E-state index in [1.54, 1.807) is 0 Å². The van der Waals surface area contributed by atoms with E-state index in [0.29, 0.717) is 6.07 Å². The van der Waals surface area contributed by atoms with Gasteiger partial charge in [0.05, 0.1) is 22.2 Å². The van der Waals surface area contributed by atoms with Gasteiger partial charge in [0, 0.05) is 11.8 Å². The predicted molar refractivity (Wildman–Crippen MR) is 71.8 cm³/mol. The zero-order chi connectivity index (χ0) is 15.6. The number of amides is 1. The maximum absolute atomic E-state index is 13.6. The minimum absolute atomic E-state index is 0.0243. The number of hydrogen-bond donors (Lipinski definition) is 2. The maximum atomic E-state index is 13.6. The molecule has 0 saturated heterocycles. The van der Waals surface area contributed by atoms with Gasteiger partial charge in [-0.1, -0.05) is 0 Å². The molecule has 21 heavy (non-hydrogen) atoms. The number of nitrogens with zero attached hydrogens (tertiary/aromatic N) is 1. The fourth-order valence-electron chi connectivity index (χ4n) is 1.63. The summed E-state index contributed by atoms with van der Waals surface area (Å²) >= 11 is 0. The second-order valence-corrected chi connectivity index (χ2v) is 4.11. The van der Waals surface area contributed by atoms with Crippen molar-refractivity contribution in [3.63, 3.8) is 0 Å². The van der Waals surface area contributed by atoms with Gasteiger partial charge >= 0.3 is 0 Å². The van der Waals surface area contributed by atoms with Crippen LogP contribution >= 0.6 is 0 Å². The molecule has 8 heteroatoms. The zero-order valence-electron chi connectivity index (χ0n) is 10.5. The highest BCUT2D eigenvalue weighted by molar-refractivity contribution is 6.07. The number of carbonyl (C=O) groups excluding carboxylic acids is 1. The van der Waals surface area contributed by atoms with Gasteiger partial charge in [-0.15, -0.1) is 0 Å². The molecule has 0 aliphatic heterocycles. The van der Waals surface area contributed by atoms with Gasteiger partial charge < -0.3 is 11.1 Å². The Labute approximate surface area is 117 Å². The van der Waals surface area contributed by atoms with Crippen molar-refractivity contribution in [3.8, 4) is 0 Å². The van der Waals surface area contributed by atoms with Crippen LogP contribution in [0.2, 0.25) is 0 Å². The van der Waals surface area contributed by atoms with Crippen LogP contribution in [0.1, 0.15) is 10.4 Å². The van der Waals surface area contributed by atoms with E-state index in [4.69, 9.17) is 5.73 Å². The highest BCUT2D eigenvalue weighted by atomic mass is 19.1. The summed E-state index contributed by atoms with van der Waals surface area (Å²) in [6.07, 6.45) is 0. The number of nitro groups is 1. The predicted octanol–water partition coefficient (Wildman–Crippen LogP) is 2.71. The number of non-ortho nitro benzene ring substituents is 1. The summed E-state index contributed by atoms with van der Waals surface area (Å²) in [5, 5.41) is 12.7. The third-order valence-corrected chi connectivity index (χ3v) is 2.67. The summed E-state index contributed by atoms with van der Waals surface area (Å²) in [6.45, 7) is 0. The van der Waals surface area contributed by atoms with Crippen molar-refractivity contribution in [2.75, 3.05) is 11.1 Å². The van der Waals surface area contributed by atoms with E-state index in [0.717, 1.165) is 24.3 Å². The average molecular weight is 293 g/mol. The number of benzene rings is 2. The molecule has 0 bridgehead atoms. The fourth-order valence-corrected chi connectivity index (χ4v) is 1.63. The largest absolute Gasteiger partial charge is 0.398 e. The van der Waals surface area contributed by atoms with Crippen molar-refractivity contribution < 1.29 is 18.5 Å². The standard InChI is InChI=1S/C13H9F2N3O3/c14-7-1-3-11(16)9(5-7)13(19)17-12-4-2-8(18(20)21)6-10(12)15/h1-6H,16H2,(H,17,19). The van der Waals surface area contributed by atoms with Crippen LogP contribution in [0.15, 0.2) is 36.4 Å². The molecular weight excluding hydrogens is 284 g/mol. The van der Waals surface area contributed by atoms with E-state index in [1.165, 1.54) is 6.07 Å². The highest BCUT2D eigenvalue weighted by Crippen LogP contribution is 2.22. The normalized spacial score (nSPS) is 10.2. The molecule has 2 aromatic carbocycles. The molecule has 0 heterocycles. The molecule has 0 atom stereocenters. The van der Waals surface area contributed by atoms with Crippen LogP contribution in [0.25, 0.3) is 0 Å². The molecular formula is C13H9F2N3O3. The third kappa shape index (κ3) is 3.11. The lowest BCUT2D eigenvalue weighted by molar-refractivity contribution is -0.385. The number of nitrogens with one attached hydrogen (secondary N) is 1. The minimum atomic E-state index is -0.979. The van der Waals surface area contributed by atoms with Crippen LogP contribution in [0.5, 0.6) is 0 Å². The second-order valence-electron chi connectivity index (χ2n) is 4.11. The van der Waals surface area contributed by atoms with Crippen molar-refractivity contribution >= 4 is 23.0 Å². The molecule has 2 rings (SSSR count). The summed E-state index contributed by atoms with van der Waals surface area (Å²) in [6, 6.07) is 5.95. The Kier molecular flexibility index (Phi) is 3.79. The van der Waals surface area contributed by atoms with Crippen molar-refractivity contribution in [3.05, 3.63) is 63.7 Å². The first-order chi connectivity index (χ1) is 9.88. The van der Waals surface area contributed by atoms with Gasteiger partial charge in [-0.25, -0.2) is 8.78 Å². The van der Waals surface area contributed by atoms with Gasteiger partial charge in [-0.3, -0.25) is 14.9 Å². The van der Waals surface area contributed by atoms with E-state index in [1.807, 2.05) is 0 Å². The second kappa shape index (κ2) is 5.53. The topological polar surface area (TPSA) is 98.3 Å². The summed E-state index contributed by atoms with van der Waals surface area (Å²) in [4.78, 5) is 21.6. The van der Waals surface area contributed by atoms with Gasteiger partial charge in [0.15, 0.2) is 5.82 Å². The zero-order valence-corrected chi connectivity index (χ0v) is 10.5. The molecule has 0 aromatic heterocycles. The fraction of sp³-hybridized carbons (Fsp3) is 0. The van der Waals surface area contributed by atoms with Crippen LogP contribution in [0.3, 0.4) is 0 Å². The molecule has 1 amide bonds. The minimum Gasteiger partial charge on any atom is -0.398 e. The van der Waals surface area contributed by atoms with Crippen LogP contribution in [0.4, 0.5) is 25.8 Å². The monoisotopic (exact) mass is 293 g/mol. The molecule has 0 aliphatic carbocycles. The van der Waals surface area contributed by atoms with Crippen molar-refractivity contribution in [2.45, 2.75) is 0 Å². The van der Waals surface area contributed by atoms with Gasteiger partial charge in [-0.2, -0.15) is 0 Å². The lowest BCUT2D eigenvalue weighted by Crippen LogP contribution is -2.15. The van der Waals surface area contributed by atoms with E-state index < -0.39 is 28.2 Å². The van der Waals surface area contributed by atoms with E-state index in [9.17, 15) is 23.7 Å². The molecule has 0 fully saturated rings. The number of anilines is 2. The SMILES string of the molecule is Nc1ccc(F)cc1C(=O)Nc1ccc([N+](=O)[O-])cc1F. The van der Waals surface area contributed by atoms with Crippen molar-refractivity contribution in [1.82, 2.24) is 0 Å². The summed E-state index contributed by atoms with van der Waals surface area (Å²) in [7, 11) is 0. The number of halogens is 2. The number of hydrogen-bond acceptors (Lipinski definition) is 4. The first-order valence-electron chi connectivity index (χ1n) is 5.69. The Morgan fingerprint density at radius 2 is 1.90 bits per heavy atom. The number of rotatable bonds is 3. The van der Waals surface area contributed by atoms with Gasteiger partial charge in [0.25, 0.3) is 11.6 Å². The molecule has 108 valence electrons. The lowest BCUT2D eigenvalue weighted by atomic mass is 10.1. The average Bonchev–Trinajstić information content (AvgIpc) is 2.43. The Morgan fingerprint density at radius 1 is 1.19 bits per heavy atom. The smallest absolute Gasteiger partial charge is 0.272 e. The van der Waals surface area contributed by atoms with E-state index >= 15 is 0 Å². The number of nitrogens with two attached hydrogens (primary N) is 1. The first kappa shape index (κ1) is 14.4. The maximum Gasteiger partial charge on any atom is 0.272 e. The van der Waals surface area contributed by atoms with Gasteiger partial charge in [0.1, 0.15) is 5.82 Å².